The molecule has 2 heterocycles. The number of halogens is 1. The highest BCUT2D eigenvalue weighted by Crippen LogP contribution is 2.41. The van der Waals surface area contributed by atoms with Crippen molar-refractivity contribution in [2.24, 2.45) is 0 Å². The second-order valence-electron chi connectivity index (χ2n) is 16.6. The molecule has 11 aromatic carbocycles. The number of hydrogen-bond acceptors (Lipinski definition) is 8. The number of aromatic nitrogens is 4. The molecule has 2 N–H and O–H groups in total. The SMILES string of the molecule is Br.C=C(B(O)O)c1cccc2ccc3ccccc3c12.c1ccc(-c2nnc(-c3ccc(-c4cc5cccc6ccc7cccc4c7c65)cc3)o2)cc1.c1ccc(-c2nnc(-c3ccccc3)o2)cc1. The second kappa shape index (κ2) is 20.0. The maximum atomic E-state index is 9.36. The Labute approximate surface area is 414 Å². The zero-order valence-electron chi connectivity index (χ0n) is 37.6. The summed E-state index contributed by atoms with van der Waals surface area (Å²) in [6.07, 6.45) is 0. The van der Waals surface area contributed by atoms with E-state index in [1.165, 1.54) is 43.4 Å². The van der Waals surface area contributed by atoms with Crippen LogP contribution in [0.4, 0.5) is 0 Å². The summed E-state index contributed by atoms with van der Waals surface area (Å²) in [4.78, 5) is 0. The van der Waals surface area contributed by atoms with Crippen LogP contribution in [-0.4, -0.2) is 37.6 Å². The number of nitrogens with zero attached hydrogens (tertiary/aromatic N) is 4. The summed E-state index contributed by atoms with van der Waals surface area (Å²) in [7, 11) is -1.54. The first-order valence-electron chi connectivity index (χ1n) is 22.5. The lowest BCUT2D eigenvalue weighted by atomic mass is 9.74. The molecule has 0 saturated heterocycles. The van der Waals surface area contributed by atoms with Crippen molar-refractivity contribution in [1.82, 2.24) is 20.4 Å². The summed E-state index contributed by atoms with van der Waals surface area (Å²) in [6.45, 7) is 3.78. The number of hydrogen-bond donors (Lipinski definition) is 2. The van der Waals surface area contributed by atoms with Crippen LogP contribution in [0, 0.1) is 0 Å². The van der Waals surface area contributed by atoms with Gasteiger partial charge in [0, 0.05) is 22.3 Å². The summed E-state index contributed by atoms with van der Waals surface area (Å²) in [5.74, 6) is 2.14. The fourth-order valence-electron chi connectivity index (χ4n) is 8.91. The Kier molecular flexibility index (Phi) is 12.9. The topological polar surface area (TPSA) is 118 Å². The van der Waals surface area contributed by atoms with Gasteiger partial charge in [0.2, 0.25) is 23.6 Å². The van der Waals surface area contributed by atoms with Crippen LogP contribution in [0.2, 0.25) is 0 Å². The molecule has 336 valence electrons. The van der Waals surface area contributed by atoms with E-state index < -0.39 is 7.12 Å². The molecule has 0 bridgehead atoms. The van der Waals surface area contributed by atoms with E-state index in [1.54, 1.807) is 0 Å². The van der Waals surface area contributed by atoms with Crippen LogP contribution in [0.25, 0.3) is 116 Å². The van der Waals surface area contributed by atoms with E-state index in [0.717, 1.165) is 49.4 Å². The first kappa shape index (κ1) is 45.3. The molecule has 0 spiro atoms. The molecule has 10 heteroatoms. The number of fused-ring (bicyclic) bond motifs is 3. The highest BCUT2D eigenvalue weighted by atomic mass is 79.9. The molecule has 0 unspecified atom stereocenters. The Balaban J connectivity index is 0.000000131. The van der Waals surface area contributed by atoms with Crippen molar-refractivity contribution in [3.8, 4) is 56.9 Å². The minimum atomic E-state index is -1.54. The van der Waals surface area contributed by atoms with E-state index in [-0.39, 0.29) is 17.0 Å². The van der Waals surface area contributed by atoms with Crippen molar-refractivity contribution < 1.29 is 18.9 Å². The summed E-state index contributed by atoms with van der Waals surface area (Å²) < 4.78 is 11.6. The van der Waals surface area contributed by atoms with Crippen molar-refractivity contribution in [3.05, 3.63) is 237 Å². The molecule has 0 fully saturated rings. The third kappa shape index (κ3) is 8.98. The van der Waals surface area contributed by atoms with Gasteiger partial charge in [-0.15, -0.1) is 37.4 Å². The lowest BCUT2D eigenvalue weighted by Crippen LogP contribution is -2.13. The third-order valence-electron chi connectivity index (χ3n) is 12.3. The standard InChI is InChI=1S/C30H18N2O.C16H13BO2.C14H10N2O.BrH/c1-2-6-22(7-3-1)29-31-32-30(33-29)23-16-12-19(13-17-23)26-18-24-10-4-8-20-14-15-21-9-5-11-25(26)28(21)27(20)24;1-11(17(18)19)14-8-4-6-13-10-9-12-5-2-3-7-15(12)16(13)14;1-3-7-11(8-4-1)13-15-16-14(17-13)12-9-5-2-6-10-12;/h1-18H;2-10,18-19H,1H2;1-10H;1H. The summed E-state index contributed by atoms with van der Waals surface area (Å²) in [5, 5.41) is 47.4. The molecule has 0 amide bonds. The second-order valence-corrected chi connectivity index (χ2v) is 16.6. The zero-order chi connectivity index (χ0) is 46.7. The summed E-state index contributed by atoms with van der Waals surface area (Å²) in [5.41, 5.74) is 7.19. The molecule has 0 atom stereocenters. The quantitative estimate of drug-likeness (QED) is 0.120. The predicted octanol–water partition coefficient (Wildman–Crippen LogP) is 15.0. The zero-order valence-corrected chi connectivity index (χ0v) is 39.3. The fraction of sp³-hybridized carbons (Fsp3) is 0. The van der Waals surface area contributed by atoms with Crippen LogP contribution in [0.1, 0.15) is 5.56 Å². The van der Waals surface area contributed by atoms with E-state index in [1.807, 2.05) is 140 Å². The van der Waals surface area contributed by atoms with Crippen molar-refractivity contribution in [2.75, 3.05) is 0 Å². The monoisotopic (exact) mass is 972 g/mol. The van der Waals surface area contributed by atoms with Crippen molar-refractivity contribution in [3.63, 3.8) is 0 Å². The molecule has 70 heavy (non-hydrogen) atoms. The molecule has 0 aliphatic carbocycles. The lowest BCUT2D eigenvalue weighted by molar-refractivity contribution is 0.427. The van der Waals surface area contributed by atoms with Crippen LogP contribution in [-0.2, 0) is 0 Å². The van der Waals surface area contributed by atoms with Crippen LogP contribution in [0.5, 0.6) is 0 Å². The van der Waals surface area contributed by atoms with Gasteiger partial charge in [-0.1, -0.05) is 176 Å². The van der Waals surface area contributed by atoms with Gasteiger partial charge in [-0.25, -0.2) is 0 Å². The van der Waals surface area contributed by atoms with Gasteiger partial charge in [0.05, 0.1) is 0 Å². The van der Waals surface area contributed by atoms with Gasteiger partial charge in [0.1, 0.15) is 0 Å². The molecule has 2 aromatic heterocycles. The Morgan fingerprint density at radius 1 is 0.357 bits per heavy atom. The van der Waals surface area contributed by atoms with Gasteiger partial charge in [-0.05, 0) is 131 Å². The van der Waals surface area contributed by atoms with Gasteiger partial charge in [0.25, 0.3) is 0 Å². The molecule has 0 aliphatic rings. The molecule has 0 saturated carbocycles. The van der Waals surface area contributed by atoms with Gasteiger partial charge in [-0.2, -0.15) is 0 Å². The molecular formula is C60H42BBrN4O4. The summed E-state index contributed by atoms with van der Waals surface area (Å²) >= 11 is 0. The van der Waals surface area contributed by atoms with Crippen molar-refractivity contribution >= 4 is 83.4 Å². The molecule has 8 nitrogen and oxygen atoms in total. The average Bonchev–Trinajstić information content (AvgIpc) is 4.13. The molecular weight excluding hydrogens is 931 g/mol. The van der Waals surface area contributed by atoms with Crippen LogP contribution in [0.3, 0.4) is 0 Å². The van der Waals surface area contributed by atoms with E-state index in [4.69, 9.17) is 8.83 Å². The molecule has 0 aliphatic heterocycles. The van der Waals surface area contributed by atoms with Crippen LogP contribution >= 0.6 is 17.0 Å². The first-order chi connectivity index (χ1) is 34.0. The fourth-order valence-corrected chi connectivity index (χ4v) is 8.91. The van der Waals surface area contributed by atoms with Gasteiger partial charge in [-0.3, -0.25) is 0 Å². The minimum absolute atomic E-state index is 0. The highest BCUT2D eigenvalue weighted by molar-refractivity contribution is 8.93. The van der Waals surface area contributed by atoms with E-state index >= 15 is 0 Å². The van der Waals surface area contributed by atoms with Crippen molar-refractivity contribution in [2.45, 2.75) is 0 Å². The van der Waals surface area contributed by atoms with Gasteiger partial charge in [0.15, 0.2) is 0 Å². The van der Waals surface area contributed by atoms with E-state index in [2.05, 4.69) is 112 Å². The minimum Gasteiger partial charge on any atom is -0.423 e. The maximum absolute atomic E-state index is 9.36. The highest BCUT2D eigenvalue weighted by Gasteiger charge is 2.18. The van der Waals surface area contributed by atoms with Crippen LogP contribution in [0.15, 0.2) is 240 Å². The Morgan fingerprint density at radius 2 is 0.743 bits per heavy atom. The largest absolute Gasteiger partial charge is 0.488 e. The lowest BCUT2D eigenvalue weighted by Gasteiger charge is -2.15. The smallest absolute Gasteiger partial charge is 0.423 e. The first-order valence-corrected chi connectivity index (χ1v) is 22.5. The number of benzene rings is 11. The Morgan fingerprint density at radius 3 is 1.29 bits per heavy atom. The average molecular weight is 974 g/mol. The van der Waals surface area contributed by atoms with E-state index in [0.29, 0.717) is 29.0 Å². The number of rotatable bonds is 7. The van der Waals surface area contributed by atoms with Crippen LogP contribution < -0.4 is 0 Å². The summed E-state index contributed by atoms with van der Waals surface area (Å²) in [6, 6.07) is 75.5. The van der Waals surface area contributed by atoms with Gasteiger partial charge < -0.3 is 18.9 Å². The van der Waals surface area contributed by atoms with Crippen molar-refractivity contribution in [1.29, 1.82) is 0 Å². The molecule has 13 aromatic rings. The maximum Gasteiger partial charge on any atom is 0.488 e. The normalized spacial score (nSPS) is 10.9. The third-order valence-corrected chi connectivity index (χ3v) is 12.3. The molecule has 13 rings (SSSR count). The Hall–Kier alpha value is -8.54. The Bertz CT molecular complexity index is 3850. The predicted molar refractivity (Wildman–Crippen MR) is 290 cm³/mol. The van der Waals surface area contributed by atoms with Gasteiger partial charge >= 0.3 is 7.12 Å². The van der Waals surface area contributed by atoms with E-state index in [9.17, 15) is 10.0 Å². The molecule has 0 radical (unpaired) electrons.